The summed E-state index contributed by atoms with van der Waals surface area (Å²) in [6.45, 7) is 5.26. The third-order valence-corrected chi connectivity index (χ3v) is 5.57. The average Bonchev–Trinajstić information content (AvgIpc) is 2.67. The van der Waals surface area contributed by atoms with Gasteiger partial charge in [0.2, 0.25) is 0 Å². The Labute approximate surface area is 176 Å². The number of halogens is 1. The molecule has 0 fully saturated rings. The highest BCUT2D eigenvalue weighted by molar-refractivity contribution is 6.31. The smallest absolute Gasteiger partial charge is 0.414 e. The van der Waals surface area contributed by atoms with Gasteiger partial charge in [-0.25, -0.2) is 4.79 Å². The summed E-state index contributed by atoms with van der Waals surface area (Å²) >= 11 is 6.33. The number of fused-ring (bicyclic) bond motifs is 2. The van der Waals surface area contributed by atoms with Crippen molar-refractivity contribution in [3.63, 3.8) is 0 Å². The second-order valence-corrected chi connectivity index (χ2v) is 8.59. The highest BCUT2D eigenvalue weighted by Gasteiger charge is 2.31. The molecule has 0 radical (unpaired) electrons. The molecule has 29 heavy (non-hydrogen) atoms. The molecule has 0 saturated heterocycles. The van der Waals surface area contributed by atoms with Crippen molar-refractivity contribution in [2.24, 2.45) is 0 Å². The van der Waals surface area contributed by atoms with Crippen LogP contribution >= 0.6 is 11.6 Å². The van der Waals surface area contributed by atoms with Gasteiger partial charge in [0.25, 0.3) is 0 Å². The predicted molar refractivity (Wildman–Crippen MR) is 120 cm³/mol. The van der Waals surface area contributed by atoms with E-state index >= 15 is 0 Å². The third-order valence-electron chi connectivity index (χ3n) is 5.36. The average molecular weight is 409 g/mol. The van der Waals surface area contributed by atoms with E-state index in [9.17, 15) is 4.79 Å². The molecule has 1 aliphatic heterocycles. The van der Waals surface area contributed by atoms with E-state index < -0.39 is 5.60 Å². The van der Waals surface area contributed by atoms with E-state index in [1.54, 1.807) is 4.90 Å². The molecule has 1 aliphatic rings. The van der Waals surface area contributed by atoms with Crippen LogP contribution in [0.1, 0.15) is 19.4 Å². The van der Waals surface area contributed by atoms with Gasteiger partial charge in [-0.3, -0.25) is 4.90 Å². The first-order valence-corrected chi connectivity index (χ1v) is 10.2. The Bertz CT molecular complexity index is 1060. The zero-order valence-corrected chi connectivity index (χ0v) is 17.7. The molecule has 0 saturated carbocycles. The van der Waals surface area contributed by atoms with Gasteiger partial charge in [-0.05, 0) is 54.4 Å². The minimum Gasteiger partial charge on any atom is -0.443 e. The molecule has 1 heterocycles. The molecule has 4 rings (SSSR count). The molecular weight excluding hydrogens is 384 g/mol. The fraction of sp³-hybridized carbons (Fsp3) is 0.292. The van der Waals surface area contributed by atoms with E-state index in [1.807, 2.05) is 75.5 Å². The Hall–Kier alpha value is -2.72. The van der Waals surface area contributed by atoms with Gasteiger partial charge in [0, 0.05) is 31.6 Å². The van der Waals surface area contributed by atoms with Gasteiger partial charge in [0.15, 0.2) is 0 Å². The Kier molecular flexibility index (Phi) is 5.13. The number of ether oxygens (including phenoxy) is 1. The first-order valence-electron chi connectivity index (χ1n) is 9.82. The van der Waals surface area contributed by atoms with Crippen LogP contribution in [0.3, 0.4) is 0 Å². The number of anilines is 2. The van der Waals surface area contributed by atoms with Crippen LogP contribution in [-0.2, 0) is 11.2 Å². The van der Waals surface area contributed by atoms with E-state index in [0.717, 1.165) is 34.3 Å². The molecule has 0 aliphatic carbocycles. The number of para-hydroxylation sites is 2. The lowest BCUT2D eigenvalue weighted by Crippen LogP contribution is -2.45. The topological polar surface area (TPSA) is 32.8 Å². The summed E-state index contributed by atoms with van der Waals surface area (Å²) in [7, 11) is 2.04. The molecule has 0 atom stereocenters. The van der Waals surface area contributed by atoms with Crippen molar-refractivity contribution in [3.05, 3.63) is 71.2 Å². The Morgan fingerprint density at radius 2 is 1.72 bits per heavy atom. The van der Waals surface area contributed by atoms with Gasteiger partial charge in [0.1, 0.15) is 5.60 Å². The van der Waals surface area contributed by atoms with Crippen molar-refractivity contribution in [1.82, 2.24) is 0 Å². The number of carbonyl (C=O) groups is 1. The number of likely N-dealkylation sites (N-methyl/N-ethyl adjacent to an activating group) is 1. The largest absolute Gasteiger partial charge is 0.443 e. The van der Waals surface area contributed by atoms with Crippen LogP contribution in [0.15, 0.2) is 60.7 Å². The van der Waals surface area contributed by atoms with E-state index in [2.05, 4.69) is 11.0 Å². The predicted octanol–water partition coefficient (Wildman–Crippen LogP) is 5.91. The Morgan fingerprint density at radius 1 is 1.03 bits per heavy atom. The molecule has 3 aromatic carbocycles. The summed E-state index contributed by atoms with van der Waals surface area (Å²) in [5.74, 6) is 0. The van der Waals surface area contributed by atoms with E-state index in [1.165, 1.54) is 0 Å². The monoisotopic (exact) mass is 408 g/mol. The highest BCUT2D eigenvalue weighted by Crippen LogP contribution is 2.34. The van der Waals surface area contributed by atoms with Crippen molar-refractivity contribution in [2.75, 3.05) is 29.9 Å². The maximum atomic E-state index is 13.1. The molecular formula is C24H25ClN2O2. The van der Waals surface area contributed by atoms with E-state index in [-0.39, 0.29) is 6.09 Å². The third kappa shape index (κ3) is 4.03. The zero-order valence-electron chi connectivity index (χ0n) is 17.0. The van der Waals surface area contributed by atoms with Crippen LogP contribution in [0, 0.1) is 0 Å². The first kappa shape index (κ1) is 19.6. The minimum absolute atomic E-state index is 0.318. The highest BCUT2D eigenvalue weighted by atomic mass is 35.5. The molecule has 5 heteroatoms. The number of hydrogen-bond donors (Lipinski definition) is 0. The standard InChI is InChI=1S/C24H25ClN2O2/c1-24(2,16-18-15-19(25)14-17-8-4-5-9-20(17)18)29-23(28)27-13-12-26(3)21-10-6-7-11-22(21)27/h4-11,14-15H,12-13,16H2,1-3H3. The molecule has 4 nitrogen and oxygen atoms in total. The normalized spacial score (nSPS) is 14.1. The summed E-state index contributed by atoms with van der Waals surface area (Å²) in [6.07, 6.45) is 0.261. The first-order chi connectivity index (χ1) is 13.8. The number of benzene rings is 3. The number of amides is 1. The fourth-order valence-electron chi connectivity index (χ4n) is 3.98. The molecule has 0 N–H and O–H groups in total. The van der Waals surface area contributed by atoms with Crippen molar-refractivity contribution in [3.8, 4) is 0 Å². The van der Waals surface area contributed by atoms with Crippen LogP contribution in [-0.4, -0.2) is 31.8 Å². The minimum atomic E-state index is -0.678. The van der Waals surface area contributed by atoms with Gasteiger partial charge in [-0.2, -0.15) is 0 Å². The number of carbonyl (C=O) groups excluding carboxylic acids is 1. The number of rotatable bonds is 3. The van der Waals surface area contributed by atoms with Crippen LogP contribution in [0.25, 0.3) is 10.8 Å². The molecule has 3 aromatic rings. The second-order valence-electron chi connectivity index (χ2n) is 8.15. The van der Waals surface area contributed by atoms with Crippen LogP contribution in [0.5, 0.6) is 0 Å². The lowest BCUT2D eigenvalue weighted by atomic mass is 9.94. The summed E-state index contributed by atoms with van der Waals surface area (Å²) in [5.41, 5.74) is 2.32. The molecule has 150 valence electrons. The molecule has 1 amide bonds. The fourth-order valence-corrected chi connectivity index (χ4v) is 4.23. The molecule has 0 bridgehead atoms. The molecule has 0 unspecified atom stereocenters. The van der Waals surface area contributed by atoms with Crippen LogP contribution in [0.2, 0.25) is 5.02 Å². The SMILES string of the molecule is CN1CCN(C(=O)OC(C)(C)Cc2cc(Cl)cc3ccccc23)c2ccccc21. The van der Waals surface area contributed by atoms with Gasteiger partial charge in [-0.1, -0.05) is 48.0 Å². The zero-order chi connectivity index (χ0) is 20.6. The maximum Gasteiger partial charge on any atom is 0.414 e. The van der Waals surface area contributed by atoms with Crippen molar-refractivity contribution < 1.29 is 9.53 Å². The Balaban J connectivity index is 1.57. The lowest BCUT2D eigenvalue weighted by Gasteiger charge is -2.37. The lowest BCUT2D eigenvalue weighted by molar-refractivity contribution is 0.0445. The van der Waals surface area contributed by atoms with Gasteiger partial charge in [0.05, 0.1) is 11.4 Å². The van der Waals surface area contributed by atoms with Gasteiger partial charge < -0.3 is 9.64 Å². The summed E-state index contributed by atoms with van der Waals surface area (Å²) in [6, 6.07) is 20.0. The van der Waals surface area contributed by atoms with E-state index in [4.69, 9.17) is 16.3 Å². The summed E-state index contributed by atoms with van der Waals surface area (Å²) in [4.78, 5) is 16.9. The van der Waals surface area contributed by atoms with Crippen LogP contribution < -0.4 is 9.80 Å². The summed E-state index contributed by atoms with van der Waals surface area (Å²) < 4.78 is 5.99. The maximum absolute atomic E-state index is 13.1. The summed E-state index contributed by atoms with van der Waals surface area (Å²) in [5, 5.41) is 2.91. The number of hydrogen-bond acceptors (Lipinski definition) is 3. The van der Waals surface area contributed by atoms with Crippen molar-refractivity contribution in [2.45, 2.75) is 25.9 Å². The molecule has 0 aromatic heterocycles. The van der Waals surface area contributed by atoms with Crippen LogP contribution in [0.4, 0.5) is 16.2 Å². The Morgan fingerprint density at radius 3 is 2.52 bits per heavy atom. The molecule has 0 spiro atoms. The van der Waals surface area contributed by atoms with Gasteiger partial charge >= 0.3 is 6.09 Å². The van der Waals surface area contributed by atoms with Crippen molar-refractivity contribution in [1.29, 1.82) is 0 Å². The second kappa shape index (κ2) is 7.60. The van der Waals surface area contributed by atoms with Crippen molar-refractivity contribution >= 4 is 39.8 Å². The number of nitrogens with zero attached hydrogens (tertiary/aromatic N) is 2. The van der Waals surface area contributed by atoms with Gasteiger partial charge in [-0.15, -0.1) is 0 Å². The quantitative estimate of drug-likeness (QED) is 0.540. The van der Waals surface area contributed by atoms with E-state index in [0.29, 0.717) is 18.0 Å².